The van der Waals surface area contributed by atoms with E-state index >= 15 is 0 Å². The molecule has 0 saturated carbocycles. The van der Waals surface area contributed by atoms with Gasteiger partial charge in [-0.15, -0.1) is 0 Å². The first-order valence-electron chi connectivity index (χ1n) is 8.28. The fraction of sp³-hybridized carbons (Fsp3) is 0.222. The lowest BCUT2D eigenvalue weighted by molar-refractivity contribution is 0.245. The molecular weight excluding hydrogens is 355 g/mol. The van der Waals surface area contributed by atoms with Crippen LogP contribution in [-0.2, 0) is 6.42 Å². The summed E-state index contributed by atoms with van der Waals surface area (Å²) >= 11 is 1.24. The van der Waals surface area contributed by atoms with E-state index in [1.165, 1.54) is 41.8 Å². The van der Waals surface area contributed by atoms with Crippen molar-refractivity contribution in [3.63, 3.8) is 0 Å². The molecule has 6 nitrogen and oxygen atoms in total. The van der Waals surface area contributed by atoms with Crippen LogP contribution >= 0.6 is 11.9 Å². The molecule has 1 atom stereocenters. The van der Waals surface area contributed by atoms with Crippen LogP contribution in [0, 0.1) is 5.82 Å². The van der Waals surface area contributed by atoms with Gasteiger partial charge in [-0.25, -0.2) is 9.18 Å². The van der Waals surface area contributed by atoms with Gasteiger partial charge in [-0.2, -0.15) is 4.99 Å². The third kappa shape index (κ3) is 3.60. The molecule has 2 aliphatic heterocycles. The summed E-state index contributed by atoms with van der Waals surface area (Å²) in [5, 5.41) is 2.87. The van der Waals surface area contributed by atoms with Crippen LogP contribution in [-0.4, -0.2) is 24.1 Å². The zero-order valence-electron chi connectivity index (χ0n) is 13.8. The molecule has 8 heteroatoms. The van der Waals surface area contributed by atoms with E-state index in [1.54, 1.807) is 4.90 Å². The van der Waals surface area contributed by atoms with Crippen LogP contribution in [0.3, 0.4) is 0 Å². The van der Waals surface area contributed by atoms with Gasteiger partial charge in [0.25, 0.3) is 0 Å². The van der Waals surface area contributed by atoms with Crippen molar-refractivity contribution >= 4 is 29.7 Å². The van der Waals surface area contributed by atoms with Crippen molar-refractivity contribution in [1.29, 1.82) is 0 Å². The molecule has 134 valence electrons. The molecule has 2 aromatic rings. The van der Waals surface area contributed by atoms with Crippen LogP contribution in [0.25, 0.3) is 0 Å². The minimum absolute atomic E-state index is 0.191. The number of nitrogens with one attached hydrogen (secondary N) is 2. The first kappa shape index (κ1) is 16.7. The van der Waals surface area contributed by atoms with E-state index < -0.39 is 5.50 Å². The van der Waals surface area contributed by atoms with Gasteiger partial charge in [0.15, 0.2) is 5.50 Å². The molecule has 26 heavy (non-hydrogen) atoms. The highest BCUT2D eigenvalue weighted by molar-refractivity contribution is 7.98. The summed E-state index contributed by atoms with van der Waals surface area (Å²) in [5.41, 5.74) is 1.63. The average molecular weight is 372 g/mol. The Morgan fingerprint density at radius 1 is 1.27 bits per heavy atom. The largest absolute Gasteiger partial charge is 0.425 e. The van der Waals surface area contributed by atoms with Crippen molar-refractivity contribution in [3.05, 3.63) is 59.9 Å². The molecule has 0 fully saturated rings. The predicted octanol–water partition coefficient (Wildman–Crippen LogP) is 3.26. The summed E-state index contributed by atoms with van der Waals surface area (Å²) in [6.07, 6.45) is 1.91. The van der Waals surface area contributed by atoms with Gasteiger partial charge in [0.05, 0.1) is 0 Å². The Bertz CT molecular complexity index is 843. The molecule has 2 aromatic carbocycles. The maximum absolute atomic E-state index is 12.9. The second-order valence-electron chi connectivity index (χ2n) is 5.90. The number of aryl methyl sites for hydroxylation is 1. The van der Waals surface area contributed by atoms with Crippen LogP contribution in [0.2, 0.25) is 0 Å². The van der Waals surface area contributed by atoms with Crippen LogP contribution in [0.1, 0.15) is 12.0 Å². The van der Waals surface area contributed by atoms with Gasteiger partial charge in [0, 0.05) is 24.2 Å². The third-order valence-electron chi connectivity index (χ3n) is 4.12. The van der Waals surface area contributed by atoms with Crippen molar-refractivity contribution in [2.45, 2.75) is 18.3 Å². The van der Waals surface area contributed by atoms with Gasteiger partial charge in [0.2, 0.25) is 0 Å². The smallest absolute Gasteiger partial charge is 0.324 e. The van der Waals surface area contributed by atoms with Crippen molar-refractivity contribution in [1.82, 2.24) is 10.0 Å². The normalized spacial score (nSPS) is 18.6. The first-order chi connectivity index (χ1) is 12.7. The van der Waals surface area contributed by atoms with E-state index in [0.29, 0.717) is 12.3 Å². The number of benzene rings is 2. The topological polar surface area (TPSA) is 66.0 Å². The van der Waals surface area contributed by atoms with Crippen molar-refractivity contribution in [2.75, 3.05) is 11.4 Å². The zero-order valence-corrected chi connectivity index (χ0v) is 14.6. The Hall–Kier alpha value is -2.74. The highest BCUT2D eigenvalue weighted by Crippen LogP contribution is 2.27. The van der Waals surface area contributed by atoms with Gasteiger partial charge >= 0.3 is 12.1 Å². The summed E-state index contributed by atoms with van der Waals surface area (Å²) in [6.45, 7) is 0.677. The Labute approximate surface area is 154 Å². The number of aliphatic imine (C=N–C) groups is 1. The number of anilines is 1. The van der Waals surface area contributed by atoms with Gasteiger partial charge < -0.3 is 10.1 Å². The Kier molecular flexibility index (Phi) is 4.66. The molecule has 2 N–H and O–H groups in total. The summed E-state index contributed by atoms with van der Waals surface area (Å²) < 4.78 is 21.4. The maximum atomic E-state index is 12.9. The molecule has 0 saturated heterocycles. The van der Waals surface area contributed by atoms with E-state index in [-0.39, 0.29) is 17.9 Å². The Balaban J connectivity index is 1.40. The van der Waals surface area contributed by atoms with Crippen LogP contribution in [0.15, 0.2) is 53.5 Å². The number of urea groups is 1. The molecule has 2 heterocycles. The third-order valence-corrected chi connectivity index (χ3v) is 4.86. The zero-order chi connectivity index (χ0) is 17.9. The van der Waals surface area contributed by atoms with Crippen molar-refractivity contribution in [3.8, 4) is 5.75 Å². The number of ether oxygens (including phenoxy) is 1. The molecule has 0 radical (unpaired) electrons. The standard InChI is InChI=1S/C18H17FN4O2S/c19-13-7-9-14(10-8-13)25-16-20-17(26-22-16)21-18(24)23-11-3-5-12-4-1-2-6-15(12)23/h1-2,4,6-10,17H,3,5,11H2,(H,20,22)(H,21,24). The van der Waals surface area contributed by atoms with E-state index in [2.05, 4.69) is 15.0 Å². The molecule has 2 amide bonds. The number of halogens is 1. The molecule has 0 spiro atoms. The molecule has 0 aromatic heterocycles. The van der Waals surface area contributed by atoms with E-state index in [1.807, 2.05) is 24.3 Å². The lowest BCUT2D eigenvalue weighted by Crippen LogP contribution is -2.45. The number of hydrogen-bond donors (Lipinski definition) is 2. The number of para-hydroxylation sites is 1. The maximum Gasteiger partial charge on any atom is 0.324 e. The molecule has 0 bridgehead atoms. The number of carbonyl (C=O) groups is 1. The van der Waals surface area contributed by atoms with Crippen molar-refractivity contribution in [2.24, 2.45) is 4.99 Å². The monoisotopic (exact) mass is 372 g/mol. The highest BCUT2D eigenvalue weighted by Gasteiger charge is 2.27. The van der Waals surface area contributed by atoms with Crippen LogP contribution in [0.4, 0.5) is 14.9 Å². The number of hydrogen-bond acceptors (Lipinski definition) is 5. The first-order valence-corrected chi connectivity index (χ1v) is 9.16. The minimum atomic E-state index is -0.493. The van der Waals surface area contributed by atoms with E-state index in [0.717, 1.165) is 18.5 Å². The summed E-state index contributed by atoms with van der Waals surface area (Å²) in [7, 11) is 0. The SMILES string of the molecule is O=C(NC1N=C(Oc2ccc(F)cc2)NS1)N1CCCc2ccccc21. The Morgan fingerprint density at radius 2 is 2.08 bits per heavy atom. The van der Waals surface area contributed by atoms with Crippen LogP contribution < -0.4 is 19.7 Å². The number of nitrogens with zero attached hydrogens (tertiary/aromatic N) is 2. The van der Waals surface area contributed by atoms with Gasteiger partial charge in [-0.1, -0.05) is 18.2 Å². The predicted molar refractivity (Wildman–Crippen MR) is 99.6 cm³/mol. The lowest BCUT2D eigenvalue weighted by Gasteiger charge is -2.29. The van der Waals surface area contributed by atoms with Crippen molar-refractivity contribution < 1.29 is 13.9 Å². The van der Waals surface area contributed by atoms with E-state index in [4.69, 9.17) is 4.74 Å². The fourth-order valence-electron chi connectivity index (χ4n) is 2.92. The minimum Gasteiger partial charge on any atom is -0.425 e. The molecular formula is C18H17FN4O2S. The second-order valence-corrected chi connectivity index (χ2v) is 6.78. The van der Waals surface area contributed by atoms with Crippen LogP contribution in [0.5, 0.6) is 5.75 Å². The molecule has 2 aliphatic rings. The number of carbonyl (C=O) groups excluding carboxylic acids is 1. The summed E-state index contributed by atoms with van der Waals surface area (Å²) in [5.74, 6) is 0.134. The highest BCUT2D eigenvalue weighted by atomic mass is 32.2. The summed E-state index contributed by atoms with van der Waals surface area (Å²) in [6, 6.07) is 13.7. The molecule has 1 unspecified atom stereocenters. The van der Waals surface area contributed by atoms with Gasteiger partial charge in [-0.05, 0) is 48.7 Å². The molecule has 0 aliphatic carbocycles. The number of rotatable bonds is 2. The second kappa shape index (κ2) is 7.25. The Morgan fingerprint density at radius 3 is 2.92 bits per heavy atom. The lowest BCUT2D eigenvalue weighted by atomic mass is 10.0. The number of amidine groups is 1. The quantitative estimate of drug-likeness (QED) is 0.794. The van der Waals surface area contributed by atoms with Gasteiger partial charge in [-0.3, -0.25) is 9.62 Å². The van der Waals surface area contributed by atoms with E-state index in [9.17, 15) is 9.18 Å². The average Bonchev–Trinajstić information content (AvgIpc) is 3.10. The fourth-order valence-corrected chi connectivity index (χ4v) is 3.53. The number of fused-ring (bicyclic) bond motifs is 1. The molecule has 4 rings (SSSR count). The summed E-state index contributed by atoms with van der Waals surface area (Å²) in [4.78, 5) is 18.7. The number of amides is 2. The van der Waals surface area contributed by atoms with Gasteiger partial charge in [0.1, 0.15) is 11.6 Å².